The molecule has 0 aliphatic heterocycles. The van der Waals surface area contributed by atoms with Gasteiger partial charge in [0.05, 0.1) is 28.6 Å². The van der Waals surface area contributed by atoms with E-state index in [2.05, 4.69) is 42.6 Å². The summed E-state index contributed by atoms with van der Waals surface area (Å²) in [4.78, 5) is 13.5. The molecule has 0 heterocycles. The van der Waals surface area contributed by atoms with E-state index >= 15 is 0 Å². The number of unbranched alkanes of at least 4 members (excludes halogenated alkanes) is 3. The van der Waals surface area contributed by atoms with Gasteiger partial charge in [0.15, 0.2) is 9.84 Å². The number of nitrogens with zero attached hydrogens (tertiary/aromatic N) is 3. The minimum atomic E-state index is -3.35. The molecule has 35 heavy (non-hydrogen) atoms. The van der Waals surface area contributed by atoms with E-state index < -0.39 is 15.8 Å². The summed E-state index contributed by atoms with van der Waals surface area (Å²) in [6, 6.07) is 14.4. The van der Waals surface area contributed by atoms with Crippen molar-refractivity contribution in [3.63, 3.8) is 0 Å². The first-order valence-corrected chi connectivity index (χ1v) is 13.8. The molecule has 0 N–H and O–H groups in total. The molecule has 0 fully saturated rings. The zero-order valence-corrected chi connectivity index (χ0v) is 21.8. The van der Waals surface area contributed by atoms with Crippen LogP contribution in [-0.4, -0.2) is 40.3 Å². The number of carbonyl (C=O) groups excluding carboxylic acids is 1. The van der Waals surface area contributed by atoms with Gasteiger partial charge in [0, 0.05) is 25.4 Å². The summed E-state index contributed by atoms with van der Waals surface area (Å²) in [6.45, 7) is 9.10. The molecule has 1 atom stereocenters. The van der Waals surface area contributed by atoms with Crippen molar-refractivity contribution in [2.24, 2.45) is 16.1 Å². The number of benzene rings is 2. The summed E-state index contributed by atoms with van der Waals surface area (Å²) in [7, 11) is -1.27. The molecule has 2 aromatic rings. The molecular formula is C27H37N3O4S. The fourth-order valence-corrected chi connectivity index (χ4v) is 4.78. The first-order chi connectivity index (χ1) is 16.7. The van der Waals surface area contributed by atoms with E-state index in [1.54, 1.807) is 24.3 Å². The van der Waals surface area contributed by atoms with Crippen molar-refractivity contribution >= 4 is 32.9 Å². The third kappa shape index (κ3) is 10.0. The van der Waals surface area contributed by atoms with E-state index in [9.17, 15) is 13.2 Å². The molecule has 7 nitrogen and oxygen atoms in total. The topological polar surface area (TPSA) is 88.4 Å². The smallest absolute Gasteiger partial charge is 0.330 e. The second kappa shape index (κ2) is 14.4. The van der Waals surface area contributed by atoms with Gasteiger partial charge in [0.2, 0.25) is 0 Å². The summed E-state index contributed by atoms with van der Waals surface area (Å²) >= 11 is 0. The predicted molar refractivity (Wildman–Crippen MR) is 141 cm³/mol. The van der Waals surface area contributed by atoms with Crippen LogP contribution in [0.15, 0.2) is 76.3 Å². The lowest BCUT2D eigenvalue weighted by atomic mass is 10.1. The van der Waals surface area contributed by atoms with Crippen LogP contribution in [0.1, 0.15) is 46.0 Å². The molecule has 2 rings (SSSR count). The van der Waals surface area contributed by atoms with E-state index in [0.29, 0.717) is 31.1 Å². The summed E-state index contributed by atoms with van der Waals surface area (Å²) in [5.74, 6) is 0.276. The lowest BCUT2D eigenvalue weighted by Crippen LogP contribution is -2.23. The monoisotopic (exact) mass is 499 g/mol. The highest BCUT2D eigenvalue weighted by molar-refractivity contribution is 7.91. The van der Waals surface area contributed by atoms with E-state index in [1.807, 2.05) is 24.3 Å². The van der Waals surface area contributed by atoms with Gasteiger partial charge in [0.1, 0.15) is 0 Å². The van der Waals surface area contributed by atoms with Gasteiger partial charge in [-0.1, -0.05) is 39.7 Å². The molecule has 0 aliphatic carbocycles. The summed E-state index contributed by atoms with van der Waals surface area (Å²) in [5, 5.41) is 8.50. The standard InChI is InChI=1S/C27H37N3O4S/c1-5-22(3)21-30(4)25-15-11-23(12-16-25)28-29-24-13-17-26(18-14-24)35(32,33)20-10-8-7-9-19-34-27(31)6-2/h6,11-18,22H,2,5,7-10,19-21H2,1,3-4H3/b29-28+/t22-/m1/s1. The van der Waals surface area contributed by atoms with Crippen molar-refractivity contribution in [2.45, 2.75) is 50.8 Å². The SMILES string of the molecule is C=CC(=O)OCCCCCCS(=O)(=O)c1ccc(/N=N/c2ccc(N(C)C[C@H](C)CC)cc2)cc1. The number of carbonyl (C=O) groups is 1. The van der Waals surface area contributed by atoms with Gasteiger partial charge in [-0.2, -0.15) is 10.2 Å². The molecule has 0 saturated heterocycles. The second-order valence-corrected chi connectivity index (χ2v) is 10.8. The Balaban J connectivity index is 1.82. The molecule has 8 heteroatoms. The number of anilines is 1. The van der Waals surface area contributed by atoms with E-state index in [0.717, 1.165) is 43.3 Å². The maximum atomic E-state index is 12.6. The van der Waals surface area contributed by atoms with Crippen LogP contribution in [0, 0.1) is 5.92 Å². The third-order valence-electron chi connectivity index (χ3n) is 5.77. The fraction of sp³-hybridized carbons (Fsp3) is 0.444. The van der Waals surface area contributed by atoms with Crippen molar-refractivity contribution in [3.05, 3.63) is 61.2 Å². The van der Waals surface area contributed by atoms with Crippen LogP contribution in [0.5, 0.6) is 0 Å². The van der Waals surface area contributed by atoms with Crippen LogP contribution in [-0.2, 0) is 19.4 Å². The van der Waals surface area contributed by atoms with Crippen LogP contribution in [0.2, 0.25) is 0 Å². The highest BCUT2D eigenvalue weighted by Crippen LogP contribution is 2.24. The Morgan fingerprint density at radius 2 is 1.57 bits per heavy atom. The van der Waals surface area contributed by atoms with Crippen LogP contribution in [0.25, 0.3) is 0 Å². The molecule has 0 bridgehead atoms. The van der Waals surface area contributed by atoms with Gasteiger partial charge in [-0.25, -0.2) is 13.2 Å². The number of rotatable bonds is 15. The highest BCUT2D eigenvalue weighted by atomic mass is 32.2. The maximum absolute atomic E-state index is 12.6. The molecule has 0 spiro atoms. The summed E-state index contributed by atoms with van der Waals surface area (Å²) in [5.41, 5.74) is 2.47. The number of ether oxygens (including phenoxy) is 1. The second-order valence-electron chi connectivity index (χ2n) is 8.71. The van der Waals surface area contributed by atoms with Crippen LogP contribution in [0.4, 0.5) is 17.1 Å². The third-order valence-corrected chi connectivity index (χ3v) is 7.58. The highest BCUT2D eigenvalue weighted by Gasteiger charge is 2.14. The van der Waals surface area contributed by atoms with Gasteiger partial charge < -0.3 is 9.64 Å². The van der Waals surface area contributed by atoms with E-state index in [1.165, 1.54) is 0 Å². The number of hydrogen-bond acceptors (Lipinski definition) is 7. The summed E-state index contributed by atoms with van der Waals surface area (Å²) in [6.07, 6.45) is 5.09. The van der Waals surface area contributed by atoms with Crippen molar-refractivity contribution in [1.29, 1.82) is 0 Å². The molecular weight excluding hydrogens is 462 g/mol. The first-order valence-electron chi connectivity index (χ1n) is 12.1. The van der Waals surface area contributed by atoms with Gasteiger partial charge in [0.25, 0.3) is 0 Å². The van der Waals surface area contributed by atoms with Crippen molar-refractivity contribution in [1.82, 2.24) is 0 Å². The Morgan fingerprint density at radius 1 is 1.00 bits per heavy atom. The predicted octanol–water partition coefficient (Wildman–Crippen LogP) is 6.65. The maximum Gasteiger partial charge on any atom is 0.330 e. The van der Waals surface area contributed by atoms with Crippen molar-refractivity contribution in [2.75, 3.05) is 30.9 Å². The van der Waals surface area contributed by atoms with Crippen LogP contribution < -0.4 is 4.90 Å². The molecule has 0 amide bonds. The van der Waals surface area contributed by atoms with Crippen molar-refractivity contribution < 1.29 is 17.9 Å². The molecule has 0 aromatic heterocycles. The normalized spacial score (nSPS) is 12.4. The molecule has 0 radical (unpaired) electrons. The number of azo groups is 1. The number of sulfone groups is 1. The molecule has 0 unspecified atom stereocenters. The molecule has 2 aromatic carbocycles. The molecule has 190 valence electrons. The number of hydrogen-bond donors (Lipinski definition) is 0. The molecule has 0 aliphatic rings. The zero-order chi connectivity index (χ0) is 25.7. The largest absolute Gasteiger partial charge is 0.463 e. The van der Waals surface area contributed by atoms with Gasteiger partial charge in [-0.05, 0) is 67.3 Å². The Labute approximate surface area is 209 Å². The Morgan fingerprint density at radius 3 is 2.14 bits per heavy atom. The number of esters is 1. The average molecular weight is 500 g/mol. The average Bonchev–Trinajstić information content (AvgIpc) is 2.87. The minimum absolute atomic E-state index is 0.0815. The van der Waals surface area contributed by atoms with Gasteiger partial charge in [-0.3, -0.25) is 0 Å². The molecule has 0 saturated carbocycles. The fourth-order valence-electron chi connectivity index (χ4n) is 3.41. The van der Waals surface area contributed by atoms with E-state index in [-0.39, 0.29) is 10.6 Å². The van der Waals surface area contributed by atoms with Crippen LogP contribution in [0.3, 0.4) is 0 Å². The minimum Gasteiger partial charge on any atom is -0.463 e. The Kier molecular flexibility index (Phi) is 11.6. The summed E-state index contributed by atoms with van der Waals surface area (Å²) < 4.78 is 30.1. The lowest BCUT2D eigenvalue weighted by Gasteiger charge is -2.22. The van der Waals surface area contributed by atoms with Crippen LogP contribution >= 0.6 is 0 Å². The van der Waals surface area contributed by atoms with Gasteiger partial charge in [-0.15, -0.1) is 0 Å². The Hall–Kier alpha value is -3.00. The quantitative estimate of drug-likeness (QED) is 0.118. The lowest BCUT2D eigenvalue weighted by molar-refractivity contribution is -0.137. The van der Waals surface area contributed by atoms with Gasteiger partial charge >= 0.3 is 5.97 Å². The first kappa shape index (κ1) is 28.2. The Bertz CT molecular complexity index is 1060. The van der Waals surface area contributed by atoms with Crippen molar-refractivity contribution in [3.8, 4) is 0 Å². The zero-order valence-electron chi connectivity index (χ0n) is 21.0. The van der Waals surface area contributed by atoms with E-state index in [4.69, 9.17) is 4.74 Å².